The number of hydrogen-bond donors (Lipinski definition) is 0. The van der Waals surface area contributed by atoms with Crippen LogP contribution >= 0.6 is 0 Å². The van der Waals surface area contributed by atoms with Gasteiger partial charge in [0.2, 0.25) is 0 Å². The van der Waals surface area contributed by atoms with Gasteiger partial charge < -0.3 is 0 Å². The Labute approximate surface area is 233 Å². The van der Waals surface area contributed by atoms with E-state index in [0.717, 1.165) is 39.3 Å². The van der Waals surface area contributed by atoms with Crippen LogP contribution in [0.5, 0.6) is 0 Å². The van der Waals surface area contributed by atoms with Gasteiger partial charge >= 0.3 is 235 Å². The fraction of sp³-hybridized carbons (Fsp3) is 0.375. The van der Waals surface area contributed by atoms with Crippen LogP contribution in [0.25, 0.3) is 22.2 Å². The van der Waals surface area contributed by atoms with Crippen molar-refractivity contribution in [2.75, 3.05) is 0 Å². The van der Waals surface area contributed by atoms with Crippen LogP contribution in [0.1, 0.15) is 58.8 Å². The minimum atomic E-state index is -3.82. The second-order valence-corrected chi connectivity index (χ2v) is 25.3. The number of fused-ring (bicyclic) bond motifs is 1. The SMILES string of the molecule is [CH2+]CC[CH2][Sn]([CH2]CCC)([CH2]CCCC)[c]1cn(S(=O)(=O)c2ccccc2)c(-c2cccc3ccccc23)n1. The van der Waals surface area contributed by atoms with E-state index in [1.807, 2.05) is 36.5 Å². The molecule has 0 spiro atoms. The number of benzene rings is 3. The van der Waals surface area contributed by atoms with E-state index >= 15 is 0 Å². The van der Waals surface area contributed by atoms with Crippen molar-refractivity contribution in [2.45, 2.75) is 77.0 Å². The van der Waals surface area contributed by atoms with Gasteiger partial charge in [-0.15, -0.1) is 0 Å². The van der Waals surface area contributed by atoms with Gasteiger partial charge in [-0.2, -0.15) is 0 Å². The summed E-state index contributed by atoms with van der Waals surface area (Å²) in [6.45, 7) is 8.66. The number of unbranched alkanes of at least 4 members (excludes halogenated alkanes) is 4. The summed E-state index contributed by atoms with van der Waals surface area (Å²) in [6, 6.07) is 23.0. The van der Waals surface area contributed by atoms with Crippen molar-refractivity contribution in [3.63, 3.8) is 0 Å². The average molecular weight is 636 g/mol. The van der Waals surface area contributed by atoms with Gasteiger partial charge in [0.1, 0.15) is 0 Å². The first kappa shape index (κ1) is 28.7. The van der Waals surface area contributed by atoms with E-state index in [0.29, 0.717) is 10.7 Å². The zero-order chi connectivity index (χ0) is 27.0. The van der Waals surface area contributed by atoms with E-state index in [2.05, 4.69) is 39.0 Å². The topological polar surface area (TPSA) is 52.0 Å². The van der Waals surface area contributed by atoms with Gasteiger partial charge in [0, 0.05) is 0 Å². The first-order valence-electron chi connectivity index (χ1n) is 14.1. The van der Waals surface area contributed by atoms with Crippen LogP contribution in [0.2, 0.25) is 13.3 Å². The number of imidazole rings is 1. The van der Waals surface area contributed by atoms with Gasteiger partial charge in [-0.1, -0.05) is 0 Å². The Morgan fingerprint density at radius 3 is 2.18 bits per heavy atom. The molecular formula is C32H41N2O2SSn+. The molecule has 0 amide bonds. The summed E-state index contributed by atoms with van der Waals surface area (Å²) in [7, 11) is -3.82. The molecule has 4 rings (SSSR count). The Morgan fingerprint density at radius 1 is 0.789 bits per heavy atom. The summed E-state index contributed by atoms with van der Waals surface area (Å²) in [5.41, 5.74) is 0.871. The molecule has 1 aromatic heterocycles. The third kappa shape index (κ3) is 6.14. The number of rotatable bonds is 14. The monoisotopic (exact) mass is 637 g/mol. The van der Waals surface area contributed by atoms with Crippen LogP contribution in [-0.2, 0) is 10.0 Å². The van der Waals surface area contributed by atoms with Crippen LogP contribution in [-0.4, -0.2) is 35.8 Å². The fourth-order valence-corrected chi connectivity index (χ4v) is 21.9. The van der Waals surface area contributed by atoms with Crippen molar-refractivity contribution in [3.8, 4) is 11.4 Å². The molecule has 1 heterocycles. The van der Waals surface area contributed by atoms with Gasteiger partial charge in [0.25, 0.3) is 0 Å². The number of aromatic nitrogens is 2. The molecule has 0 saturated heterocycles. The third-order valence-corrected chi connectivity index (χ3v) is 24.4. The molecular weight excluding hydrogens is 595 g/mol. The van der Waals surface area contributed by atoms with Gasteiger partial charge in [0.15, 0.2) is 0 Å². The minimum absolute atomic E-state index is 0.295. The summed E-state index contributed by atoms with van der Waals surface area (Å²) in [5, 5.41) is 2.11. The Kier molecular flexibility index (Phi) is 9.99. The fourth-order valence-electron chi connectivity index (χ4n) is 5.56. The molecule has 0 N–H and O–H groups in total. The van der Waals surface area contributed by atoms with E-state index < -0.39 is 28.4 Å². The second-order valence-electron chi connectivity index (χ2n) is 10.4. The van der Waals surface area contributed by atoms with E-state index in [9.17, 15) is 8.42 Å². The Bertz CT molecular complexity index is 1420. The van der Waals surface area contributed by atoms with Crippen LogP contribution in [0.15, 0.2) is 83.9 Å². The summed E-state index contributed by atoms with van der Waals surface area (Å²) in [6.07, 6.45) is 9.87. The molecule has 4 aromatic rings. The maximum absolute atomic E-state index is 14.1. The molecule has 1 atom stereocenters. The summed E-state index contributed by atoms with van der Waals surface area (Å²) in [4.78, 5) is 5.63. The summed E-state index contributed by atoms with van der Waals surface area (Å²) < 4.78 is 34.5. The molecule has 0 radical (unpaired) electrons. The van der Waals surface area contributed by atoms with Crippen molar-refractivity contribution >= 4 is 42.9 Å². The van der Waals surface area contributed by atoms with E-state index in [1.54, 1.807) is 24.3 Å². The molecule has 38 heavy (non-hydrogen) atoms. The Balaban J connectivity index is 1.98. The molecule has 0 saturated carbocycles. The standard InChI is InChI=1S/C19H13N2O2S.C5H11.C4H9.C4H8.Sn/c22-24(23,16-9-2-1-3-10-16)21-14-13-20-19(21)18-12-6-8-15-7-4-5-11-17(15)18;1-3-5-4-2;2*1-3-4-2;/h1-12,14H;1,3-5H2,2H3;1,3-4H2,2H3;1-4H2;/q;;;+1;. The van der Waals surface area contributed by atoms with Gasteiger partial charge in [-0.3, -0.25) is 0 Å². The molecule has 0 bridgehead atoms. The van der Waals surface area contributed by atoms with Crippen LogP contribution in [0.4, 0.5) is 0 Å². The first-order valence-corrected chi connectivity index (χ1v) is 23.1. The molecule has 1 unspecified atom stereocenters. The maximum atomic E-state index is 14.1. The van der Waals surface area contributed by atoms with Crippen LogP contribution in [0.3, 0.4) is 0 Å². The van der Waals surface area contributed by atoms with Crippen molar-refractivity contribution < 1.29 is 8.42 Å². The third-order valence-electron chi connectivity index (χ3n) is 7.72. The molecule has 3 aromatic carbocycles. The molecule has 0 aliphatic rings. The van der Waals surface area contributed by atoms with Gasteiger partial charge in [0.05, 0.1) is 0 Å². The molecule has 6 heteroatoms. The molecule has 0 fully saturated rings. The predicted molar refractivity (Wildman–Crippen MR) is 163 cm³/mol. The quantitative estimate of drug-likeness (QED) is 0.0797. The predicted octanol–water partition coefficient (Wildman–Crippen LogP) is 8.20. The Morgan fingerprint density at radius 2 is 1.45 bits per heavy atom. The molecule has 0 aliphatic heterocycles. The zero-order valence-corrected chi connectivity index (χ0v) is 26.6. The van der Waals surface area contributed by atoms with E-state index in [4.69, 9.17) is 4.98 Å². The Hall–Kier alpha value is -2.25. The molecule has 4 nitrogen and oxygen atoms in total. The van der Waals surface area contributed by atoms with E-state index in [1.165, 1.54) is 43.0 Å². The van der Waals surface area contributed by atoms with Crippen molar-refractivity contribution in [1.82, 2.24) is 8.96 Å². The normalized spacial score (nSPS) is 13.5. The second kappa shape index (κ2) is 13.2. The zero-order valence-electron chi connectivity index (χ0n) is 22.9. The van der Waals surface area contributed by atoms with Gasteiger partial charge in [-0.05, 0) is 0 Å². The van der Waals surface area contributed by atoms with Crippen LogP contribution < -0.4 is 3.71 Å². The molecule has 0 aliphatic carbocycles. The van der Waals surface area contributed by atoms with Crippen molar-refractivity contribution in [1.29, 1.82) is 0 Å². The number of nitrogens with zero attached hydrogens (tertiary/aromatic N) is 2. The van der Waals surface area contributed by atoms with Crippen molar-refractivity contribution in [3.05, 3.63) is 85.9 Å². The number of hydrogen-bond acceptors (Lipinski definition) is 3. The van der Waals surface area contributed by atoms with Crippen LogP contribution in [0, 0.1) is 6.92 Å². The summed E-state index contributed by atoms with van der Waals surface area (Å²) in [5.74, 6) is 0.545. The van der Waals surface area contributed by atoms with Gasteiger partial charge in [-0.25, -0.2) is 0 Å². The average Bonchev–Trinajstić information content (AvgIpc) is 3.41. The summed E-state index contributed by atoms with van der Waals surface area (Å²) >= 11 is -3.06. The molecule has 200 valence electrons. The van der Waals surface area contributed by atoms with E-state index in [-0.39, 0.29) is 0 Å². The van der Waals surface area contributed by atoms with Crippen molar-refractivity contribution in [2.24, 2.45) is 0 Å². The first-order chi connectivity index (χ1) is 18.5.